The van der Waals surface area contributed by atoms with Gasteiger partial charge >= 0.3 is 0 Å². The molecular formula is C23H32N4O2S. The largest absolute Gasteiger partial charge is 0.353 e. The lowest BCUT2D eigenvalue weighted by molar-refractivity contribution is -0.124. The van der Waals surface area contributed by atoms with Gasteiger partial charge in [-0.3, -0.25) is 9.59 Å². The maximum atomic E-state index is 13.3. The van der Waals surface area contributed by atoms with E-state index in [0.717, 1.165) is 53.0 Å². The summed E-state index contributed by atoms with van der Waals surface area (Å²) in [6.45, 7) is 11.5. The summed E-state index contributed by atoms with van der Waals surface area (Å²) in [4.78, 5) is 28.6. The molecule has 1 atom stereocenters. The number of amides is 1. The van der Waals surface area contributed by atoms with Crippen LogP contribution in [0.25, 0.3) is 20.2 Å². The van der Waals surface area contributed by atoms with Crippen LogP contribution in [0.4, 0.5) is 0 Å². The zero-order valence-corrected chi connectivity index (χ0v) is 19.2. The number of carbonyl (C=O) groups is 1. The number of aryl methyl sites for hydroxylation is 1. The number of hydrogen-bond acceptors (Lipinski definition) is 5. The molecule has 3 aromatic rings. The van der Waals surface area contributed by atoms with Crippen molar-refractivity contribution >= 4 is 37.4 Å². The molecule has 2 heterocycles. The molecule has 1 amide bonds. The van der Waals surface area contributed by atoms with Crippen molar-refractivity contribution in [2.45, 2.75) is 53.0 Å². The monoisotopic (exact) mass is 428 g/mol. The second-order valence-electron chi connectivity index (χ2n) is 7.64. The highest BCUT2D eigenvalue weighted by molar-refractivity contribution is 7.26. The Morgan fingerprint density at radius 3 is 2.70 bits per heavy atom. The lowest BCUT2D eigenvalue weighted by Gasteiger charge is -2.22. The molecule has 162 valence electrons. The van der Waals surface area contributed by atoms with Crippen LogP contribution in [0.15, 0.2) is 29.1 Å². The second kappa shape index (κ2) is 10.2. The van der Waals surface area contributed by atoms with Crippen molar-refractivity contribution in [3.8, 4) is 0 Å². The number of rotatable bonds is 10. The standard InChI is InChI=1S/C23H32N4O2S/c1-5-8-14-26(7-3)15-13-24-22(28)18(6-2)27-23(29)20-17-11-9-10-12-19(17)30-21(20)16(4)25-27/h9-12,18H,5-8,13-15H2,1-4H3,(H,24,28)/t18-/m0/s1. The number of carbonyl (C=O) groups excluding carboxylic acids is 1. The Hall–Kier alpha value is -2.25. The number of aromatic nitrogens is 2. The molecule has 0 unspecified atom stereocenters. The molecule has 6 nitrogen and oxygen atoms in total. The summed E-state index contributed by atoms with van der Waals surface area (Å²) >= 11 is 1.58. The molecule has 0 fully saturated rings. The van der Waals surface area contributed by atoms with Crippen molar-refractivity contribution in [2.75, 3.05) is 26.2 Å². The topological polar surface area (TPSA) is 67.2 Å². The Balaban J connectivity index is 1.84. The van der Waals surface area contributed by atoms with E-state index >= 15 is 0 Å². The summed E-state index contributed by atoms with van der Waals surface area (Å²) < 4.78 is 3.36. The molecule has 0 spiro atoms. The van der Waals surface area contributed by atoms with Gasteiger partial charge in [0.2, 0.25) is 5.91 Å². The van der Waals surface area contributed by atoms with E-state index in [2.05, 4.69) is 29.2 Å². The Morgan fingerprint density at radius 1 is 1.23 bits per heavy atom. The normalized spacial score (nSPS) is 12.7. The highest BCUT2D eigenvalue weighted by atomic mass is 32.1. The number of hydrogen-bond donors (Lipinski definition) is 1. The van der Waals surface area contributed by atoms with Crippen LogP contribution in [0.5, 0.6) is 0 Å². The van der Waals surface area contributed by atoms with Gasteiger partial charge in [-0.25, -0.2) is 4.68 Å². The number of nitrogens with zero attached hydrogens (tertiary/aromatic N) is 3. The maximum absolute atomic E-state index is 13.3. The van der Waals surface area contributed by atoms with Gasteiger partial charge in [-0.05, 0) is 38.9 Å². The van der Waals surface area contributed by atoms with Crippen molar-refractivity contribution in [3.63, 3.8) is 0 Å². The molecule has 2 aromatic heterocycles. The fraction of sp³-hybridized carbons (Fsp3) is 0.522. The first-order valence-corrected chi connectivity index (χ1v) is 11.7. The predicted octanol–water partition coefficient (Wildman–Crippen LogP) is 4.11. The van der Waals surface area contributed by atoms with Gasteiger partial charge < -0.3 is 10.2 Å². The number of unbranched alkanes of at least 4 members (excludes halogenated alkanes) is 1. The Morgan fingerprint density at radius 2 is 2.00 bits per heavy atom. The smallest absolute Gasteiger partial charge is 0.276 e. The van der Waals surface area contributed by atoms with Crippen LogP contribution in [0.1, 0.15) is 51.8 Å². The molecule has 3 rings (SSSR count). The second-order valence-corrected chi connectivity index (χ2v) is 8.69. The molecule has 0 radical (unpaired) electrons. The average molecular weight is 429 g/mol. The number of likely N-dealkylation sites (N-methyl/N-ethyl adjacent to an activating group) is 1. The minimum Gasteiger partial charge on any atom is -0.353 e. The van der Waals surface area contributed by atoms with Crippen LogP contribution in [-0.2, 0) is 4.79 Å². The summed E-state index contributed by atoms with van der Waals surface area (Å²) in [7, 11) is 0. The molecule has 0 aliphatic carbocycles. The van der Waals surface area contributed by atoms with E-state index in [-0.39, 0.29) is 11.5 Å². The van der Waals surface area contributed by atoms with E-state index in [9.17, 15) is 9.59 Å². The predicted molar refractivity (Wildman–Crippen MR) is 125 cm³/mol. The third-order valence-corrected chi connectivity index (χ3v) is 6.87. The summed E-state index contributed by atoms with van der Waals surface area (Å²) in [6.07, 6.45) is 2.83. The first kappa shape index (κ1) is 22.4. The van der Waals surface area contributed by atoms with E-state index in [4.69, 9.17) is 0 Å². The van der Waals surface area contributed by atoms with Gasteiger partial charge in [-0.15, -0.1) is 11.3 Å². The molecule has 0 saturated heterocycles. The molecule has 0 bridgehead atoms. The number of thiophene rings is 1. The SMILES string of the molecule is CCCCN(CC)CCNC(=O)[C@H](CC)n1nc(C)c2sc3ccccc3c2c1=O. The Bertz CT molecular complexity index is 1070. The van der Waals surface area contributed by atoms with Crippen molar-refractivity contribution in [1.82, 2.24) is 20.0 Å². The molecule has 30 heavy (non-hydrogen) atoms. The summed E-state index contributed by atoms with van der Waals surface area (Å²) in [6, 6.07) is 7.30. The first-order chi connectivity index (χ1) is 14.5. The average Bonchev–Trinajstić information content (AvgIpc) is 3.15. The van der Waals surface area contributed by atoms with Gasteiger partial charge in [-0.2, -0.15) is 5.10 Å². The van der Waals surface area contributed by atoms with Crippen LogP contribution in [0, 0.1) is 6.92 Å². The molecule has 1 aromatic carbocycles. The number of benzene rings is 1. The third kappa shape index (κ3) is 4.57. The fourth-order valence-electron chi connectivity index (χ4n) is 3.82. The number of nitrogens with one attached hydrogen (secondary N) is 1. The van der Waals surface area contributed by atoms with Crippen molar-refractivity contribution in [3.05, 3.63) is 40.3 Å². The van der Waals surface area contributed by atoms with Crippen LogP contribution in [0.2, 0.25) is 0 Å². The van der Waals surface area contributed by atoms with Gasteiger partial charge in [-0.1, -0.05) is 45.4 Å². The van der Waals surface area contributed by atoms with Crippen molar-refractivity contribution in [2.24, 2.45) is 0 Å². The highest BCUT2D eigenvalue weighted by Gasteiger charge is 2.24. The van der Waals surface area contributed by atoms with Gasteiger partial charge in [0.05, 0.1) is 15.8 Å². The van der Waals surface area contributed by atoms with Crippen LogP contribution < -0.4 is 10.9 Å². The van der Waals surface area contributed by atoms with Gasteiger partial charge in [0.1, 0.15) is 6.04 Å². The molecule has 0 aliphatic heterocycles. The quantitative estimate of drug-likeness (QED) is 0.528. The maximum Gasteiger partial charge on any atom is 0.276 e. The van der Waals surface area contributed by atoms with Gasteiger partial charge in [0.25, 0.3) is 5.56 Å². The Labute approximate surface area is 181 Å². The zero-order chi connectivity index (χ0) is 21.7. The van der Waals surface area contributed by atoms with Gasteiger partial charge in [0, 0.05) is 23.2 Å². The highest BCUT2D eigenvalue weighted by Crippen LogP contribution is 2.33. The third-order valence-electron chi connectivity index (χ3n) is 5.59. The molecule has 0 aliphatic rings. The minimum absolute atomic E-state index is 0.142. The first-order valence-electron chi connectivity index (χ1n) is 10.9. The van der Waals surface area contributed by atoms with E-state index in [1.54, 1.807) is 11.3 Å². The van der Waals surface area contributed by atoms with E-state index in [1.165, 1.54) is 4.68 Å². The fourth-order valence-corrected chi connectivity index (χ4v) is 4.96. The van der Waals surface area contributed by atoms with Crippen molar-refractivity contribution < 1.29 is 4.79 Å². The van der Waals surface area contributed by atoms with Crippen molar-refractivity contribution in [1.29, 1.82) is 0 Å². The number of fused-ring (bicyclic) bond motifs is 3. The lowest BCUT2D eigenvalue weighted by Crippen LogP contribution is -2.41. The molecular weight excluding hydrogens is 396 g/mol. The van der Waals surface area contributed by atoms with Gasteiger partial charge in [0.15, 0.2) is 0 Å². The molecule has 7 heteroatoms. The van der Waals surface area contributed by atoms with Crippen LogP contribution in [-0.4, -0.2) is 46.8 Å². The molecule has 0 saturated carbocycles. The minimum atomic E-state index is -0.606. The van der Waals surface area contributed by atoms with E-state index < -0.39 is 6.04 Å². The Kier molecular flexibility index (Phi) is 7.61. The summed E-state index contributed by atoms with van der Waals surface area (Å²) in [5.74, 6) is -0.142. The lowest BCUT2D eigenvalue weighted by atomic mass is 10.1. The summed E-state index contributed by atoms with van der Waals surface area (Å²) in [5, 5.41) is 9.16. The van der Waals surface area contributed by atoms with E-state index in [1.807, 2.05) is 38.1 Å². The van der Waals surface area contributed by atoms with E-state index in [0.29, 0.717) is 18.4 Å². The van der Waals surface area contributed by atoms with Crippen LogP contribution >= 0.6 is 11.3 Å². The molecule has 1 N–H and O–H groups in total. The summed E-state index contributed by atoms with van der Waals surface area (Å²) in [5.41, 5.74) is 0.599. The zero-order valence-electron chi connectivity index (χ0n) is 18.4. The van der Waals surface area contributed by atoms with Crippen LogP contribution in [0.3, 0.4) is 0 Å².